The molecule has 1 aliphatic rings. The van der Waals surface area contributed by atoms with Gasteiger partial charge in [-0.1, -0.05) is 25.0 Å². The highest BCUT2D eigenvalue weighted by atomic mass is 127. The lowest BCUT2D eigenvalue weighted by molar-refractivity contribution is -0.127. The first kappa shape index (κ1) is 16.3. The van der Waals surface area contributed by atoms with Gasteiger partial charge in [-0.2, -0.15) is 0 Å². The Morgan fingerprint density at radius 1 is 1.33 bits per heavy atom. The molecule has 0 aliphatic heterocycles. The first-order chi connectivity index (χ1) is 10.0. The Balaban J connectivity index is 1.92. The maximum atomic E-state index is 12.1. The van der Waals surface area contributed by atoms with Crippen LogP contribution in [0.25, 0.3) is 0 Å². The summed E-state index contributed by atoms with van der Waals surface area (Å²) in [6.07, 6.45) is 5.61. The highest BCUT2D eigenvalue weighted by Crippen LogP contribution is 2.27. The van der Waals surface area contributed by atoms with Crippen molar-refractivity contribution >= 4 is 34.4 Å². The summed E-state index contributed by atoms with van der Waals surface area (Å²) < 4.78 is 1.10. The Bertz CT molecular complexity index is 513. The van der Waals surface area contributed by atoms with E-state index in [0.717, 1.165) is 22.0 Å². The fourth-order valence-corrected chi connectivity index (χ4v) is 3.46. The van der Waals surface area contributed by atoms with Crippen molar-refractivity contribution in [3.8, 4) is 0 Å². The molecule has 0 aromatic heterocycles. The van der Waals surface area contributed by atoms with Gasteiger partial charge in [-0.3, -0.25) is 9.59 Å². The number of carbonyl (C=O) groups is 2. The predicted octanol–water partition coefficient (Wildman–Crippen LogP) is 2.38. The van der Waals surface area contributed by atoms with Crippen molar-refractivity contribution in [2.24, 2.45) is 11.7 Å². The van der Waals surface area contributed by atoms with E-state index in [1.165, 1.54) is 12.8 Å². The normalized spacial score (nSPS) is 16.6. The van der Waals surface area contributed by atoms with Crippen LogP contribution in [0.5, 0.6) is 0 Å². The number of nitrogens with two attached hydrogens (primary N) is 1. The van der Waals surface area contributed by atoms with Gasteiger partial charge in [-0.05, 0) is 59.0 Å². The summed E-state index contributed by atoms with van der Waals surface area (Å²) in [7, 11) is 0. The molecule has 0 saturated heterocycles. The van der Waals surface area contributed by atoms with E-state index in [-0.39, 0.29) is 5.91 Å². The highest BCUT2D eigenvalue weighted by molar-refractivity contribution is 14.1. The zero-order chi connectivity index (χ0) is 15.2. The smallest absolute Gasteiger partial charge is 0.240 e. The van der Waals surface area contributed by atoms with Gasteiger partial charge in [0.15, 0.2) is 0 Å². The summed E-state index contributed by atoms with van der Waals surface area (Å²) in [6, 6.07) is 7.25. The Morgan fingerprint density at radius 2 is 2.05 bits per heavy atom. The van der Waals surface area contributed by atoms with E-state index in [0.29, 0.717) is 18.8 Å². The molecule has 0 bridgehead atoms. The number of halogens is 1. The maximum Gasteiger partial charge on any atom is 0.240 e. The number of hydrogen-bond donors (Lipinski definition) is 2. The number of carbonyl (C=O) groups excluding carboxylic acids is 2. The molecule has 0 radical (unpaired) electrons. The molecule has 2 amide bonds. The number of amides is 2. The molecular weight excluding hydrogens is 379 g/mol. The monoisotopic (exact) mass is 400 g/mol. The van der Waals surface area contributed by atoms with E-state index in [1.807, 2.05) is 24.3 Å². The van der Waals surface area contributed by atoms with Gasteiger partial charge in [0.1, 0.15) is 6.04 Å². The van der Waals surface area contributed by atoms with E-state index in [9.17, 15) is 9.59 Å². The van der Waals surface area contributed by atoms with Crippen LogP contribution in [0.4, 0.5) is 0 Å². The molecule has 1 aliphatic carbocycles. The van der Waals surface area contributed by atoms with Crippen LogP contribution in [0.15, 0.2) is 24.3 Å². The Kier molecular flexibility index (Phi) is 6.02. The number of rotatable bonds is 6. The fraction of sp³-hybridized carbons (Fsp3) is 0.500. The summed E-state index contributed by atoms with van der Waals surface area (Å²) in [5, 5.41) is 2.80. The fourth-order valence-electron chi connectivity index (χ4n) is 2.85. The van der Waals surface area contributed by atoms with Gasteiger partial charge in [0.25, 0.3) is 0 Å². The average molecular weight is 400 g/mol. The molecule has 1 aromatic rings. The van der Waals surface area contributed by atoms with Gasteiger partial charge >= 0.3 is 0 Å². The molecule has 2 rings (SSSR count). The number of hydrogen-bond acceptors (Lipinski definition) is 2. The Labute approximate surface area is 139 Å². The third-order valence-electron chi connectivity index (χ3n) is 3.96. The maximum absolute atomic E-state index is 12.1. The molecule has 21 heavy (non-hydrogen) atoms. The van der Waals surface area contributed by atoms with Gasteiger partial charge in [-0.25, -0.2) is 0 Å². The zero-order valence-corrected chi connectivity index (χ0v) is 14.1. The Morgan fingerprint density at radius 3 is 2.67 bits per heavy atom. The summed E-state index contributed by atoms with van der Waals surface area (Å²) >= 11 is 2.22. The number of nitrogens with one attached hydrogen (secondary N) is 1. The average Bonchev–Trinajstić information content (AvgIpc) is 2.90. The van der Waals surface area contributed by atoms with Gasteiger partial charge in [0.2, 0.25) is 11.8 Å². The molecule has 1 saturated carbocycles. The largest absolute Gasteiger partial charge is 0.368 e. The number of benzene rings is 1. The molecule has 4 nitrogen and oxygen atoms in total. The predicted molar refractivity (Wildman–Crippen MR) is 90.6 cm³/mol. The van der Waals surface area contributed by atoms with Crippen LogP contribution in [0.3, 0.4) is 0 Å². The molecule has 1 aromatic carbocycles. The quantitative estimate of drug-likeness (QED) is 0.720. The highest BCUT2D eigenvalue weighted by Gasteiger charge is 2.22. The van der Waals surface area contributed by atoms with Gasteiger partial charge < -0.3 is 11.1 Å². The molecule has 0 spiro atoms. The first-order valence-corrected chi connectivity index (χ1v) is 8.45. The molecule has 114 valence electrons. The second kappa shape index (κ2) is 7.77. The minimum atomic E-state index is -0.628. The van der Waals surface area contributed by atoms with Crippen LogP contribution in [-0.4, -0.2) is 17.9 Å². The summed E-state index contributed by atoms with van der Waals surface area (Å²) in [5.41, 5.74) is 6.43. The van der Waals surface area contributed by atoms with Crippen molar-refractivity contribution in [1.29, 1.82) is 0 Å². The van der Waals surface area contributed by atoms with E-state index >= 15 is 0 Å². The van der Waals surface area contributed by atoms with Crippen LogP contribution in [-0.2, 0) is 16.0 Å². The van der Waals surface area contributed by atoms with Crippen molar-refractivity contribution in [2.75, 3.05) is 0 Å². The standard InChI is InChI=1S/C16H21IN2O2/c17-13-7-3-6-12(8-13)9-14(16(18)21)19-15(20)10-11-4-1-2-5-11/h3,6-8,11,14H,1-2,4-5,9-10H2,(H2,18,21)(H,19,20)/t14-/m0/s1. The van der Waals surface area contributed by atoms with E-state index in [4.69, 9.17) is 5.73 Å². The molecule has 1 atom stereocenters. The summed E-state index contributed by atoms with van der Waals surface area (Å²) in [4.78, 5) is 23.6. The third-order valence-corrected chi connectivity index (χ3v) is 4.63. The van der Waals surface area contributed by atoms with Gasteiger partial charge in [0.05, 0.1) is 0 Å². The van der Waals surface area contributed by atoms with Crippen molar-refractivity contribution in [1.82, 2.24) is 5.32 Å². The van der Waals surface area contributed by atoms with Crippen LogP contribution in [0.1, 0.15) is 37.7 Å². The third kappa shape index (κ3) is 5.30. The van der Waals surface area contributed by atoms with E-state index in [1.54, 1.807) is 0 Å². The topological polar surface area (TPSA) is 72.2 Å². The minimum Gasteiger partial charge on any atom is -0.368 e. The van der Waals surface area contributed by atoms with Crippen molar-refractivity contribution < 1.29 is 9.59 Å². The molecule has 5 heteroatoms. The second-order valence-corrected chi connectivity index (χ2v) is 6.96. The summed E-state index contributed by atoms with van der Waals surface area (Å²) in [6.45, 7) is 0. The van der Waals surface area contributed by atoms with E-state index in [2.05, 4.69) is 27.9 Å². The van der Waals surface area contributed by atoms with Crippen LogP contribution < -0.4 is 11.1 Å². The molecular formula is C16H21IN2O2. The Hall–Kier alpha value is -1.11. The zero-order valence-electron chi connectivity index (χ0n) is 12.0. The molecule has 1 fully saturated rings. The minimum absolute atomic E-state index is 0.0590. The lowest BCUT2D eigenvalue weighted by Gasteiger charge is -2.17. The van der Waals surface area contributed by atoms with E-state index < -0.39 is 11.9 Å². The lowest BCUT2D eigenvalue weighted by Crippen LogP contribution is -2.46. The first-order valence-electron chi connectivity index (χ1n) is 7.37. The van der Waals surface area contributed by atoms with Crippen LogP contribution >= 0.6 is 22.6 Å². The van der Waals surface area contributed by atoms with Gasteiger partial charge in [0, 0.05) is 16.4 Å². The second-order valence-electron chi connectivity index (χ2n) is 5.71. The van der Waals surface area contributed by atoms with Crippen molar-refractivity contribution in [2.45, 2.75) is 44.6 Å². The number of primary amides is 1. The lowest BCUT2D eigenvalue weighted by atomic mass is 10.0. The molecule has 3 N–H and O–H groups in total. The van der Waals surface area contributed by atoms with Crippen molar-refractivity contribution in [3.63, 3.8) is 0 Å². The van der Waals surface area contributed by atoms with Gasteiger partial charge in [-0.15, -0.1) is 0 Å². The molecule has 0 unspecified atom stereocenters. The van der Waals surface area contributed by atoms with Crippen molar-refractivity contribution in [3.05, 3.63) is 33.4 Å². The SMILES string of the molecule is NC(=O)[C@H](Cc1cccc(I)c1)NC(=O)CC1CCCC1. The van der Waals surface area contributed by atoms with Crippen LogP contribution in [0.2, 0.25) is 0 Å². The summed E-state index contributed by atoms with van der Waals surface area (Å²) in [5.74, 6) is -0.0684. The van der Waals surface area contributed by atoms with Crippen LogP contribution in [0, 0.1) is 9.49 Å². The molecule has 0 heterocycles.